The number of hydrogen-bond donors (Lipinski definition) is 1. The van der Waals surface area contributed by atoms with Crippen LogP contribution in [0.4, 0.5) is 0 Å². The summed E-state index contributed by atoms with van der Waals surface area (Å²) in [5.41, 5.74) is 0.169. The van der Waals surface area contributed by atoms with Gasteiger partial charge in [-0.05, 0) is 38.8 Å². The molecule has 0 saturated carbocycles. The van der Waals surface area contributed by atoms with Gasteiger partial charge in [-0.25, -0.2) is 9.48 Å². The normalized spacial score (nSPS) is 11.5. The van der Waals surface area contributed by atoms with Crippen LogP contribution in [0.1, 0.15) is 25.2 Å². The number of halogens is 1. The van der Waals surface area contributed by atoms with Gasteiger partial charge in [0.15, 0.2) is 0 Å². The Hall–Kier alpha value is -2.08. The molecule has 2 rings (SSSR count). The Labute approximate surface area is 140 Å². The largest absolute Gasteiger partial charge is 0.349 e. The number of rotatable bonds is 5. The molecule has 2 aromatic rings. The molecule has 1 aromatic carbocycles. The first-order valence-electron chi connectivity index (χ1n) is 7.34. The van der Waals surface area contributed by atoms with E-state index in [0.29, 0.717) is 17.3 Å². The van der Waals surface area contributed by atoms with Crippen molar-refractivity contribution >= 4 is 17.5 Å². The second-order valence-corrected chi connectivity index (χ2v) is 6.65. The van der Waals surface area contributed by atoms with Gasteiger partial charge in [0.1, 0.15) is 12.4 Å². The average Bonchev–Trinajstić information content (AvgIpc) is 2.68. The third-order valence-corrected chi connectivity index (χ3v) is 3.99. The topological polar surface area (TPSA) is 68.9 Å². The van der Waals surface area contributed by atoms with Gasteiger partial charge in [-0.1, -0.05) is 29.8 Å². The molecule has 1 amide bonds. The van der Waals surface area contributed by atoms with Crippen LogP contribution in [0, 0.1) is 6.92 Å². The lowest BCUT2D eigenvalue weighted by molar-refractivity contribution is -0.123. The van der Waals surface area contributed by atoms with Crippen molar-refractivity contribution in [1.29, 1.82) is 0 Å². The SMILES string of the molecule is Cc1nn(CC(=O)NC(C)(C)Cc2ccccc2Cl)c(=O)n1C. The van der Waals surface area contributed by atoms with E-state index in [4.69, 9.17) is 11.6 Å². The quantitative estimate of drug-likeness (QED) is 0.903. The first kappa shape index (κ1) is 17.3. The number of nitrogens with zero attached hydrogens (tertiary/aromatic N) is 3. The van der Waals surface area contributed by atoms with E-state index < -0.39 is 5.54 Å². The predicted molar refractivity (Wildman–Crippen MR) is 89.6 cm³/mol. The van der Waals surface area contributed by atoms with Gasteiger partial charge in [0.2, 0.25) is 5.91 Å². The number of aromatic nitrogens is 3. The van der Waals surface area contributed by atoms with Crippen LogP contribution in [0.2, 0.25) is 5.02 Å². The fourth-order valence-electron chi connectivity index (χ4n) is 2.41. The van der Waals surface area contributed by atoms with E-state index in [1.54, 1.807) is 14.0 Å². The molecule has 0 fully saturated rings. The minimum atomic E-state index is -0.491. The van der Waals surface area contributed by atoms with Crippen molar-refractivity contribution in [2.45, 2.75) is 39.3 Å². The second-order valence-electron chi connectivity index (χ2n) is 6.25. The van der Waals surface area contributed by atoms with Crippen LogP contribution in [0.15, 0.2) is 29.1 Å². The number of carbonyl (C=O) groups is 1. The summed E-state index contributed by atoms with van der Waals surface area (Å²) in [7, 11) is 1.63. The minimum absolute atomic E-state index is 0.105. The maximum Gasteiger partial charge on any atom is 0.346 e. The van der Waals surface area contributed by atoms with Crippen molar-refractivity contribution in [3.05, 3.63) is 51.2 Å². The highest BCUT2D eigenvalue weighted by atomic mass is 35.5. The highest BCUT2D eigenvalue weighted by Crippen LogP contribution is 2.20. The lowest BCUT2D eigenvalue weighted by atomic mass is 9.95. The molecule has 0 aliphatic heterocycles. The molecular formula is C16H21ClN4O2. The standard InChI is InChI=1S/C16H21ClN4O2/c1-11-19-21(15(23)20(11)4)10-14(22)18-16(2,3)9-12-7-5-6-8-13(12)17/h5-8H,9-10H2,1-4H3,(H,18,22). The summed E-state index contributed by atoms with van der Waals surface area (Å²) in [6, 6.07) is 7.54. The van der Waals surface area contributed by atoms with Gasteiger partial charge < -0.3 is 5.32 Å². The van der Waals surface area contributed by atoms with E-state index in [1.165, 1.54) is 4.57 Å². The van der Waals surface area contributed by atoms with Gasteiger partial charge in [-0.15, -0.1) is 0 Å². The van der Waals surface area contributed by atoms with E-state index in [9.17, 15) is 9.59 Å². The van der Waals surface area contributed by atoms with Crippen LogP contribution in [0.25, 0.3) is 0 Å². The number of amides is 1. The number of aryl methyl sites for hydroxylation is 1. The zero-order chi connectivity index (χ0) is 17.2. The van der Waals surface area contributed by atoms with Gasteiger partial charge in [0, 0.05) is 17.6 Å². The Kier molecular flexibility index (Phi) is 4.94. The molecule has 1 aromatic heterocycles. The van der Waals surface area contributed by atoms with Crippen molar-refractivity contribution in [3.8, 4) is 0 Å². The molecule has 0 spiro atoms. The Morgan fingerprint density at radius 3 is 2.57 bits per heavy atom. The average molecular weight is 337 g/mol. The van der Waals surface area contributed by atoms with Crippen LogP contribution in [0.5, 0.6) is 0 Å². The summed E-state index contributed by atoms with van der Waals surface area (Å²) >= 11 is 6.17. The fourth-order valence-corrected chi connectivity index (χ4v) is 2.62. The molecule has 0 unspecified atom stereocenters. The summed E-state index contributed by atoms with van der Waals surface area (Å²) in [5.74, 6) is 0.306. The molecule has 0 radical (unpaired) electrons. The third-order valence-electron chi connectivity index (χ3n) is 3.62. The lowest BCUT2D eigenvalue weighted by Crippen LogP contribution is -2.47. The first-order valence-corrected chi connectivity index (χ1v) is 7.72. The Morgan fingerprint density at radius 2 is 2.00 bits per heavy atom. The van der Waals surface area contributed by atoms with Gasteiger partial charge in [-0.2, -0.15) is 5.10 Å². The number of hydrogen-bond acceptors (Lipinski definition) is 3. The van der Waals surface area contributed by atoms with Crippen molar-refractivity contribution in [2.75, 3.05) is 0 Å². The highest BCUT2D eigenvalue weighted by Gasteiger charge is 2.23. The summed E-state index contributed by atoms with van der Waals surface area (Å²) < 4.78 is 2.57. The summed E-state index contributed by atoms with van der Waals surface area (Å²) in [4.78, 5) is 24.1. The molecule has 7 heteroatoms. The Morgan fingerprint density at radius 1 is 1.35 bits per heavy atom. The van der Waals surface area contributed by atoms with Crippen LogP contribution in [-0.4, -0.2) is 25.8 Å². The zero-order valence-corrected chi connectivity index (χ0v) is 14.5. The van der Waals surface area contributed by atoms with Crippen LogP contribution in [-0.2, 0) is 24.8 Å². The second kappa shape index (κ2) is 6.58. The zero-order valence-electron chi connectivity index (χ0n) is 13.8. The summed E-state index contributed by atoms with van der Waals surface area (Å²) in [6.07, 6.45) is 0.592. The van der Waals surface area contributed by atoms with Crippen molar-refractivity contribution in [3.63, 3.8) is 0 Å². The van der Waals surface area contributed by atoms with E-state index >= 15 is 0 Å². The van der Waals surface area contributed by atoms with Gasteiger partial charge >= 0.3 is 5.69 Å². The van der Waals surface area contributed by atoms with Crippen molar-refractivity contribution in [1.82, 2.24) is 19.7 Å². The smallest absolute Gasteiger partial charge is 0.346 e. The van der Waals surface area contributed by atoms with Gasteiger partial charge in [0.05, 0.1) is 0 Å². The maximum absolute atomic E-state index is 12.2. The molecule has 0 saturated heterocycles. The van der Waals surface area contributed by atoms with Crippen LogP contribution in [0.3, 0.4) is 0 Å². The van der Waals surface area contributed by atoms with E-state index in [0.717, 1.165) is 10.2 Å². The predicted octanol–water partition coefficient (Wildman–Crippen LogP) is 1.68. The van der Waals surface area contributed by atoms with Gasteiger partial charge in [-0.3, -0.25) is 9.36 Å². The molecule has 124 valence electrons. The lowest BCUT2D eigenvalue weighted by Gasteiger charge is -2.26. The molecule has 23 heavy (non-hydrogen) atoms. The molecule has 0 aliphatic rings. The van der Waals surface area contributed by atoms with E-state index in [-0.39, 0.29) is 18.1 Å². The molecule has 1 heterocycles. The van der Waals surface area contributed by atoms with E-state index in [1.807, 2.05) is 38.1 Å². The van der Waals surface area contributed by atoms with E-state index in [2.05, 4.69) is 10.4 Å². The number of carbonyl (C=O) groups excluding carboxylic acids is 1. The number of benzene rings is 1. The monoisotopic (exact) mass is 336 g/mol. The molecular weight excluding hydrogens is 316 g/mol. The Bertz CT molecular complexity index is 777. The number of nitrogens with one attached hydrogen (secondary N) is 1. The fraction of sp³-hybridized carbons (Fsp3) is 0.438. The summed E-state index contributed by atoms with van der Waals surface area (Å²) in [6.45, 7) is 5.45. The molecule has 6 nitrogen and oxygen atoms in total. The Balaban J connectivity index is 2.05. The third kappa shape index (κ3) is 4.22. The van der Waals surface area contributed by atoms with Gasteiger partial charge in [0.25, 0.3) is 0 Å². The first-order chi connectivity index (χ1) is 10.7. The minimum Gasteiger partial charge on any atom is -0.349 e. The maximum atomic E-state index is 12.2. The molecule has 1 N–H and O–H groups in total. The highest BCUT2D eigenvalue weighted by molar-refractivity contribution is 6.31. The molecule has 0 bridgehead atoms. The molecule has 0 atom stereocenters. The van der Waals surface area contributed by atoms with Crippen LogP contribution < -0.4 is 11.0 Å². The summed E-state index contributed by atoms with van der Waals surface area (Å²) in [5, 5.41) is 7.67. The van der Waals surface area contributed by atoms with Crippen molar-refractivity contribution in [2.24, 2.45) is 7.05 Å². The van der Waals surface area contributed by atoms with Crippen LogP contribution >= 0.6 is 11.6 Å². The van der Waals surface area contributed by atoms with Crippen molar-refractivity contribution < 1.29 is 4.79 Å². The molecule has 0 aliphatic carbocycles.